The van der Waals surface area contributed by atoms with Crippen molar-refractivity contribution in [3.05, 3.63) is 75.5 Å². The van der Waals surface area contributed by atoms with Crippen molar-refractivity contribution in [1.29, 1.82) is 0 Å². The Morgan fingerprint density at radius 1 is 1.18 bits per heavy atom. The van der Waals surface area contributed by atoms with Gasteiger partial charge in [0.1, 0.15) is 0 Å². The van der Waals surface area contributed by atoms with E-state index in [1.165, 1.54) is 17.7 Å². The zero-order valence-electron chi connectivity index (χ0n) is 18.7. The number of non-ortho nitro benzene ring substituents is 1. The molecule has 3 heterocycles. The number of nitrogens with zero attached hydrogens (tertiary/aromatic N) is 2. The first-order valence-corrected chi connectivity index (χ1v) is 11.7. The number of rotatable bonds is 6. The van der Waals surface area contributed by atoms with Gasteiger partial charge >= 0.3 is 0 Å². The summed E-state index contributed by atoms with van der Waals surface area (Å²) in [6, 6.07) is 14.0. The zero-order valence-corrected chi connectivity index (χ0v) is 18.7. The van der Waals surface area contributed by atoms with Gasteiger partial charge in [0.05, 0.1) is 16.4 Å². The van der Waals surface area contributed by atoms with Crippen LogP contribution in [0.4, 0.5) is 5.69 Å². The molecule has 0 unspecified atom stereocenters. The number of nitro benzene ring substituents is 1. The summed E-state index contributed by atoms with van der Waals surface area (Å²) in [5.41, 5.74) is 2.92. The first-order valence-electron chi connectivity index (χ1n) is 11.7. The number of benzene rings is 2. The van der Waals surface area contributed by atoms with Crippen LogP contribution in [0.2, 0.25) is 0 Å². The van der Waals surface area contributed by atoms with Crippen molar-refractivity contribution in [1.82, 2.24) is 9.88 Å². The highest BCUT2D eigenvalue weighted by molar-refractivity contribution is 6.01. The number of Topliss-reactive ketones (excluding diaryl/α,β-unsaturated/α-hetero) is 1. The molecule has 1 fully saturated rings. The number of para-hydroxylation sites is 1. The third kappa shape index (κ3) is 3.25. The fourth-order valence-corrected chi connectivity index (χ4v) is 5.92. The van der Waals surface area contributed by atoms with Gasteiger partial charge in [-0.2, -0.15) is 0 Å². The molecule has 7 heteroatoms. The van der Waals surface area contributed by atoms with Crippen molar-refractivity contribution in [2.45, 2.75) is 51.0 Å². The largest absolute Gasteiger partial charge is 0.356 e. The Bertz CT molecular complexity index is 1250. The third-order valence-electron chi connectivity index (χ3n) is 7.43. The van der Waals surface area contributed by atoms with Crippen LogP contribution in [0.3, 0.4) is 0 Å². The Balaban J connectivity index is 1.67. The summed E-state index contributed by atoms with van der Waals surface area (Å²) in [7, 11) is 0. The van der Waals surface area contributed by atoms with E-state index in [-0.39, 0.29) is 17.4 Å². The fraction of sp³-hybridized carbons (Fsp3) is 0.385. The van der Waals surface area contributed by atoms with Crippen molar-refractivity contribution < 1.29 is 14.5 Å². The summed E-state index contributed by atoms with van der Waals surface area (Å²) < 4.78 is 0. The number of H-pyrrole nitrogens is 1. The van der Waals surface area contributed by atoms with E-state index in [9.17, 15) is 19.7 Å². The number of nitrogens with one attached hydrogen (secondary N) is 1. The zero-order chi connectivity index (χ0) is 23.2. The molecule has 1 amide bonds. The molecule has 0 aliphatic carbocycles. The highest BCUT2D eigenvalue weighted by atomic mass is 16.6. The monoisotopic (exact) mass is 445 g/mol. The van der Waals surface area contributed by atoms with E-state index >= 15 is 0 Å². The van der Waals surface area contributed by atoms with Gasteiger partial charge in [0.25, 0.3) is 5.69 Å². The van der Waals surface area contributed by atoms with Crippen molar-refractivity contribution >= 4 is 28.3 Å². The number of aromatic nitrogens is 1. The second-order valence-electron chi connectivity index (χ2n) is 9.11. The third-order valence-corrected chi connectivity index (χ3v) is 7.43. The quantitative estimate of drug-likeness (QED) is 0.323. The summed E-state index contributed by atoms with van der Waals surface area (Å²) in [5.74, 6) is -0.358. The molecule has 0 saturated carbocycles. The molecule has 1 aromatic heterocycles. The molecule has 170 valence electrons. The van der Waals surface area contributed by atoms with Gasteiger partial charge in [0.2, 0.25) is 5.91 Å². The number of fused-ring (bicyclic) bond motifs is 5. The summed E-state index contributed by atoms with van der Waals surface area (Å²) in [4.78, 5) is 43.3. The molecular formula is C26H27N3O4. The predicted octanol–water partition coefficient (Wildman–Crippen LogP) is 5.14. The molecule has 33 heavy (non-hydrogen) atoms. The maximum absolute atomic E-state index is 13.9. The van der Waals surface area contributed by atoms with Gasteiger partial charge in [-0.25, -0.2) is 0 Å². The molecule has 0 radical (unpaired) electrons. The van der Waals surface area contributed by atoms with Gasteiger partial charge in [-0.3, -0.25) is 19.7 Å². The number of piperidine rings is 1. The average molecular weight is 446 g/mol. The molecular weight excluding hydrogens is 418 g/mol. The lowest BCUT2D eigenvalue weighted by molar-refractivity contribution is -0.384. The van der Waals surface area contributed by atoms with Gasteiger partial charge in [0, 0.05) is 47.3 Å². The molecule has 2 aliphatic heterocycles. The number of ketones is 1. The number of nitro groups is 1. The summed E-state index contributed by atoms with van der Waals surface area (Å²) in [6.07, 6.45) is 4.13. The lowest BCUT2D eigenvalue weighted by Crippen LogP contribution is -2.62. The Morgan fingerprint density at radius 2 is 1.94 bits per heavy atom. The van der Waals surface area contributed by atoms with E-state index in [2.05, 4.69) is 18.0 Å². The molecule has 7 nitrogen and oxygen atoms in total. The number of amides is 1. The van der Waals surface area contributed by atoms with Crippen LogP contribution in [0.5, 0.6) is 0 Å². The maximum Gasteiger partial charge on any atom is 0.269 e. The van der Waals surface area contributed by atoms with E-state index in [4.69, 9.17) is 0 Å². The van der Waals surface area contributed by atoms with Crippen LogP contribution in [-0.2, 0) is 16.8 Å². The predicted molar refractivity (Wildman–Crippen MR) is 125 cm³/mol. The molecule has 1 N–H and O–H groups in total. The smallest absolute Gasteiger partial charge is 0.269 e. The molecule has 1 saturated heterocycles. The Labute approximate surface area is 191 Å². The van der Waals surface area contributed by atoms with Gasteiger partial charge in [0.15, 0.2) is 5.78 Å². The SMILES string of the molecule is CCCC[C@]12c3[nH]c4ccccc4c3CCN1C(=O)CC[C@@H]2C(=O)c1ccc([N+](=O)[O-])cc1. The number of unbranched alkanes of at least 4 members (excludes halogenated alkanes) is 1. The van der Waals surface area contributed by atoms with Gasteiger partial charge in [-0.15, -0.1) is 0 Å². The van der Waals surface area contributed by atoms with Crippen molar-refractivity contribution in [3.8, 4) is 0 Å². The van der Waals surface area contributed by atoms with Crippen LogP contribution >= 0.6 is 0 Å². The first kappa shape index (κ1) is 21.4. The lowest BCUT2D eigenvalue weighted by Gasteiger charge is -2.54. The van der Waals surface area contributed by atoms with Gasteiger partial charge in [-0.1, -0.05) is 38.0 Å². The van der Waals surface area contributed by atoms with Crippen LogP contribution in [0.15, 0.2) is 48.5 Å². The van der Waals surface area contributed by atoms with E-state index in [1.54, 1.807) is 12.1 Å². The Morgan fingerprint density at radius 3 is 2.67 bits per heavy atom. The minimum absolute atomic E-state index is 0.0386. The molecule has 5 rings (SSSR count). The molecule has 0 bridgehead atoms. The van der Waals surface area contributed by atoms with Crippen LogP contribution in [0.1, 0.15) is 60.6 Å². The standard InChI is InChI=1S/C26H27N3O4/c1-2-3-15-26-21(24(31)17-8-10-18(11-9-17)29(32)33)12-13-23(30)28(26)16-14-20-19-6-4-5-7-22(19)27-25(20)26/h4-11,21,27H,2-3,12-16H2,1H3/t21-,26+/m1/s1. The lowest BCUT2D eigenvalue weighted by atomic mass is 9.65. The van der Waals surface area contributed by atoms with E-state index in [1.807, 2.05) is 23.1 Å². The van der Waals surface area contributed by atoms with Crippen LogP contribution < -0.4 is 0 Å². The number of hydrogen-bond donors (Lipinski definition) is 1. The normalized spacial score (nSPS) is 22.2. The Hall–Kier alpha value is -3.48. The van der Waals surface area contributed by atoms with Crippen molar-refractivity contribution in [3.63, 3.8) is 0 Å². The van der Waals surface area contributed by atoms with Crippen LogP contribution in [0, 0.1) is 16.0 Å². The minimum atomic E-state index is -0.725. The molecule has 0 spiro atoms. The van der Waals surface area contributed by atoms with Crippen molar-refractivity contribution in [2.24, 2.45) is 5.92 Å². The number of carbonyl (C=O) groups excluding carboxylic acids is 2. The Kier molecular flexibility index (Phi) is 5.27. The van der Waals surface area contributed by atoms with E-state index in [0.717, 1.165) is 35.9 Å². The summed E-state index contributed by atoms with van der Waals surface area (Å²) >= 11 is 0. The average Bonchev–Trinajstić information content (AvgIpc) is 3.22. The topological polar surface area (TPSA) is 96.3 Å². The molecule has 2 aromatic carbocycles. The minimum Gasteiger partial charge on any atom is -0.356 e. The van der Waals surface area contributed by atoms with Gasteiger partial charge < -0.3 is 9.88 Å². The first-order chi connectivity index (χ1) is 16.0. The second kappa shape index (κ2) is 8.14. The molecule has 2 aliphatic rings. The summed E-state index contributed by atoms with van der Waals surface area (Å²) in [6.45, 7) is 2.72. The van der Waals surface area contributed by atoms with Crippen LogP contribution in [-0.4, -0.2) is 33.0 Å². The fourth-order valence-electron chi connectivity index (χ4n) is 5.92. The highest BCUT2D eigenvalue weighted by Crippen LogP contribution is 2.51. The number of hydrogen-bond acceptors (Lipinski definition) is 4. The van der Waals surface area contributed by atoms with E-state index in [0.29, 0.717) is 31.4 Å². The second-order valence-corrected chi connectivity index (χ2v) is 9.11. The molecule has 2 atom stereocenters. The molecule has 3 aromatic rings. The maximum atomic E-state index is 13.9. The van der Waals surface area contributed by atoms with Crippen molar-refractivity contribution in [2.75, 3.05) is 6.54 Å². The summed E-state index contributed by atoms with van der Waals surface area (Å²) in [5, 5.41) is 12.2. The van der Waals surface area contributed by atoms with E-state index < -0.39 is 16.4 Å². The number of aromatic amines is 1. The van der Waals surface area contributed by atoms with Gasteiger partial charge in [-0.05, 0) is 43.0 Å². The highest BCUT2D eigenvalue weighted by Gasteiger charge is 2.56. The van der Waals surface area contributed by atoms with Crippen LogP contribution in [0.25, 0.3) is 10.9 Å². The number of carbonyl (C=O) groups is 2.